The van der Waals surface area contributed by atoms with Crippen LogP contribution >= 0.6 is 0 Å². The quantitative estimate of drug-likeness (QED) is 0.835. The molecule has 2 amide bonds. The molecule has 0 bridgehead atoms. The third kappa shape index (κ3) is 4.31. The third-order valence-electron chi connectivity index (χ3n) is 2.83. The standard InChI is InChI=1S/C16H15FN2O3/c1-22-14-5-3-2-4-13(14)19-16(21)10-15(20)18-12-8-6-11(17)7-9-12/h2-9H,10H2,1H3,(H,18,20)(H,19,21). The van der Waals surface area contributed by atoms with Gasteiger partial charge in [0.05, 0.1) is 12.8 Å². The van der Waals surface area contributed by atoms with Gasteiger partial charge in [0.25, 0.3) is 0 Å². The van der Waals surface area contributed by atoms with Gasteiger partial charge in [-0.1, -0.05) is 12.1 Å². The summed E-state index contributed by atoms with van der Waals surface area (Å²) in [5, 5.41) is 5.12. The van der Waals surface area contributed by atoms with E-state index in [0.29, 0.717) is 17.1 Å². The molecule has 0 unspecified atom stereocenters. The number of amides is 2. The van der Waals surface area contributed by atoms with E-state index < -0.39 is 17.6 Å². The molecule has 0 aliphatic carbocycles. The van der Waals surface area contributed by atoms with Gasteiger partial charge in [-0.15, -0.1) is 0 Å². The number of nitrogens with one attached hydrogen (secondary N) is 2. The van der Waals surface area contributed by atoms with Crippen molar-refractivity contribution >= 4 is 23.2 Å². The Kier molecular flexibility index (Phi) is 5.08. The van der Waals surface area contributed by atoms with Crippen molar-refractivity contribution in [1.29, 1.82) is 0 Å². The van der Waals surface area contributed by atoms with Crippen molar-refractivity contribution in [3.63, 3.8) is 0 Å². The summed E-state index contributed by atoms with van der Waals surface area (Å²) in [6.45, 7) is 0. The van der Waals surface area contributed by atoms with E-state index in [1.807, 2.05) is 0 Å². The molecule has 114 valence electrons. The molecule has 5 nitrogen and oxygen atoms in total. The van der Waals surface area contributed by atoms with Crippen molar-refractivity contribution in [1.82, 2.24) is 0 Å². The van der Waals surface area contributed by atoms with E-state index in [0.717, 1.165) is 0 Å². The van der Waals surface area contributed by atoms with Crippen molar-refractivity contribution in [2.75, 3.05) is 17.7 Å². The highest BCUT2D eigenvalue weighted by Gasteiger charge is 2.12. The van der Waals surface area contributed by atoms with Crippen LogP contribution in [0.25, 0.3) is 0 Å². The minimum Gasteiger partial charge on any atom is -0.495 e. The summed E-state index contributed by atoms with van der Waals surface area (Å²) < 4.78 is 17.9. The van der Waals surface area contributed by atoms with Crippen LogP contribution in [0.15, 0.2) is 48.5 Å². The fourth-order valence-corrected chi connectivity index (χ4v) is 1.83. The number of carbonyl (C=O) groups excluding carboxylic acids is 2. The van der Waals surface area contributed by atoms with Gasteiger partial charge >= 0.3 is 0 Å². The van der Waals surface area contributed by atoms with Gasteiger partial charge < -0.3 is 15.4 Å². The van der Waals surface area contributed by atoms with Gasteiger partial charge in [-0.25, -0.2) is 4.39 Å². The number of ether oxygens (including phenoxy) is 1. The second kappa shape index (κ2) is 7.21. The average Bonchev–Trinajstić information content (AvgIpc) is 2.50. The lowest BCUT2D eigenvalue weighted by atomic mass is 10.2. The van der Waals surface area contributed by atoms with Crippen LogP contribution in [0.5, 0.6) is 5.75 Å². The Morgan fingerprint density at radius 2 is 1.64 bits per heavy atom. The zero-order valence-electron chi connectivity index (χ0n) is 11.9. The van der Waals surface area contributed by atoms with Crippen LogP contribution in [-0.2, 0) is 9.59 Å². The van der Waals surface area contributed by atoms with Crippen molar-refractivity contribution in [3.05, 3.63) is 54.3 Å². The molecule has 2 aromatic carbocycles. The highest BCUT2D eigenvalue weighted by Crippen LogP contribution is 2.23. The number of halogens is 1. The normalized spacial score (nSPS) is 9.91. The number of anilines is 2. The predicted molar refractivity (Wildman–Crippen MR) is 81.3 cm³/mol. The zero-order chi connectivity index (χ0) is 15.9. The maximum absolute atomic E-state index is 12.8. The summed E-state index contributed by atoms with van der Waals surface area (Å²) in [4.78, 5) is 23.6. The van der Waals surface area contributed by atoms with Gasteiger partial charge in [0, 0.05) is 5.69 Å². The maximum atomic E-state index is 12.8. The van der Waals surface area contributed by atoms with Gasteiger partial charge in [-0.05, 0) is 36.4 Å². The first kappa shape index (κ1) is 15.5. The molecular formula is C16H15FN2O3. The topological polar surface area (TPSA) is 67.4 Å². The number of benzene rings is 2. The minimum absolute atomic E-state index is 0.352. The first-order chi connectivity index (χ1) is 10.6. The van der Waals surface area contributed by atoms with Gasteiger partial charge in [-0.2, -0.15) is 0 Å². The number of hydrogen-bond donors (Lipinski definition) is 2. The van der Waals surface area contributed by atoms with Crippen LogP contribution < -0.4 is 15.4 Å². The molecule has 0 atom stereocenters. The van der Waals surface area contributed by atoms with Gasteiger partial charge in [0.2, 0.25) is 11.8 Å². The number of rotatable bonds is 5. The SMILES string of the molecule is COc1ccccc1NC(=O)CC(=O)Nc1ccc(F)cc1. The fraction of sp³-hybridized carbons (Fsp3) is 0.125. The summed E-state index contributed by atoms with van der Waals surface area (Å²) >= 11 is 0. The Bertz CT molecular complexity index is 671. The van der Waals surface area contributed by atoms with E-state index in [-0.39, 0.29) is 6.42 Å². The molecule has 2 aromatic rings. The monoisotopic (exact) mass is 302 g/mol. The molecule has 0 heterocycles. The lowest BCUT2D eigenvalue weighted by molar-refractivity contribution is -0.123. The Labute approximate surface area is 127 Å². The van der Waals surface area contributed by atoms with E-state index in [2.05, 4.69) is 10.6 Å². The highest BCUT2D eigenvalue weighted by atomic mass is 19.1. The molecule has 0 fully saturated rings. The first-order valence-electron chi connectivity index (χ1n) is 6.57. The van der Waals surface area contributed by atoms with Crippen LogP contribution in [0.4, 0.5) is 15.8 Å². The lowest BCUT2D eigenvalue weighted by Crippen LogP contribution is -2.21. The molecule has 22 heavy (non-hydrogen) atoms. The average molecular weight is 302 g/mol. The maximum Gasteiger partial charge on any atom is 0.233 e. The molecule has 2 N–H and O–H groups in total. The van der Waals surface area contributed by atoms with E-state index in [1.165, 1.54) is 31.4 Å². The van der Waals surface area contributed by atoms with E-state index >= 15 is 0 Å². The smallest absolute Gasteiger partial charge is 0.233 e. The number of hydrogen-bond acceptors (Lipinski definition) is 3. The first-order valence-corrected chi connectivity index (χ1v) is 6.57. The molecule has 0 saturated heterocycles. The molecule has 0 saturated carbocycles. The Balaban J connectivity index is 1.91. The Morgan fingerprint density at radius 3 is 2.32 bits per heavy atom. The van der Waals surface area contributed by atoms with Crippen LogP contribution in [0, 0.1) is 5.82 Å². The van der Waals surface area contributed by atoms with Crippen LogP contribution in [0.3, 0.4) is 0 Å². The van der Waals surface area contributed by atoms with E-state index in [1.54, 1.807) is 24.3 Å². The molecule has 0 radical (unpaired) electrons. The van der Waals surface area contributed by atoms with Gasteiger partial charge in [0.1, 0.15) is 18.0 Å². The second-order valence-electron chi connectivity index (χ2n) is 4.48. The summed E-state index contributed by atoms with van der Waals surface area (Å²) in [6.07, 6.45) is -0.352. The molecule has 2 rings (SSSR count). The van der Waals surface area contributed by atoms with Crippen LogP contribution in [0.2, 0.25) is 0 Å². The molecule has 6 heteroatoms. The van der Waals surface area contributed by atoms with Gasteiger partial charge in [0.15, 0.2) is 0 Å². The van der Waals surface area contributed by atoms with Gasteiger partial charge in [-0.3, -0.25) is 9.59 Å². The molecular weight excluding hydrogens is 287 g/mol. The highest BCUT2D eigenvalue weighted by molar-refractivity contribution is 6.08. The van der Waals surface area contributed by atoms with Crippen LogP contribution in [-0.4, -0.2) is 18.9 Å². The molecule has 0 spiro atoms. The third-order valence-corrected chi connectivity index (χ3v) is 2.83. The lowest BCUT2D eigenvalue weighted by Gasteiger charge is -2.10. The van der Waals surface area contributed by atoms with Crippen molar-refractivity contribution < 1.29 is 18.7 Å². The number of carbonyl (C=O) groups is 2. The van der Waals surface area contributed by atoms with Crippen molar-refractivity contribution in [3.8, 4) is 5.75 Å². The number of para-hydroxylation sites is 2. The van der Waals surface area contributed by atoms with E-state index in [4.69, 9.17) is 4.74 Å². The second-order valence-corrected chi connectivity index (χ2v) is 4.48. The van der Waals surface area contributed by atoms with E-state index in [9.17, 15) is 14.0 Å². The Morgan fingerprint density at radius 1 is 1.00 bits per heavy atom. The summed E-state index contributed by atoms with van der Waals surface area (Å²) in [5.74, 6) is -0.843. The zero-order valence-corrected chi connectivity index (χ0v) is 11.9. The largest absolute Gasteiger partial charge is 0.495 e. The summed E-state index contributed by atoms with van der Waals surface area (Å²) in [5.41, 5.74) is 0.918. The van der Waals surface area contributed by atoms with Crippen molar-refractivity contribution in [2.24, 2.45) is 0 Å². The number of methoxy groups -OCH3 is 1. The molecule has 0 aliphatic heterocycles. The Hall–Kier alpha value is -2.89. The molecule has 0 aliphatic rings. The summed E-state index contributed by atoms with van der Waals surface area (Å²) in [6, 6.07) is 12.2. The summed E-state index contributed by atoms with van der Waals surface area (Å²) in [7, 11) is 1.49. The molecule has 0 aromatic heterocycles. The van der Waals surface area contributed by atoms with Crippen molar-refractivity contribution in [2.45, 2.75) is 6.42 Å². The minimum atomic E-state index is -0.487. The predicted octanol–water partition coefficient (Wildman–Crippen LogP) is 2.80. The fourth-order valence-electron chi connectivity index (χ4n) is 1.83. The van der Waals surface area contributed by atoms with Crippen LogP contribution in [0.1, 0.15) is 6.42 Å².